The number of nitrogens with zero attached hydrogens (tertiary/aromatic N) is 2. The van der Waals surface area contributed by atoms with Gasteiger partial charge in [-0.1, -0.05) is 49.1 Å². The van der Waals surface area contributed by atoms with Crippen LogP contribution < -0.4 is 5.32 Å². The zero-order valence-corrected chi connectivity index (χ0v) is 18.1. The third-order valence-corrected chi connectivity index (χ3v) is 6.57. The molecule has 1 aliphatic carbocycles. The minimum atomic E-state index is -0.353. The van der Waals surface area contributed by atoms with Gasteiger partial charge in [0.25, 0.3) is 11.1 Å². The Morgan fingerprint density at radius 3 is 2.72 bits per heavy atom. The summed E-state index contributed by atoms with van der Waals surface area (Å²) in [6.45, 7) is 0.733. The molecule has 8 heteroatoms. The van der Waals surface area contributed by atoms with Gasteiger partial charge >= 0.3 is 0 Å². The molecular weight excluding hydrogens is 410 g/mol. The Labute approximate surface area is 180 Å². The molecule has 0 bridgehead atoms. The van der Waals surface area contributed by atoms with E-state index in [-0.39, 0.29) is 30.1 Å². The molecule has 1 saturated carbocycles. The number of imide groups is 1. The molecule has 2 aliphatic rings. The number of nitrogens with one attached hydrogen (secondary N) is 1. The highest BCUT2D eigenvalue weighted by atomic mass is 35.5. The number of benzene rings is 1. The minimum absolute atomic E-state index is 0.0864. The lowest BCUT2D eigenvalue weighted by molar-refractivity contribution is -0.125. The van der Waals surface area contributed by atoms with Gasteiger partial charge in [0.1, 0.15) is 0 Å². The maximum absolute atomic E-state index is 12.5. The molecule has 29 heavy (non-hydrogen) atoms. The number of amides is 3. The van der Waals surface area contributed by atoms with Crippen molar-refractivity contribution in [1.29, 1.82) is 0 Å². The Bertz CT molecular complexity index is 808. The van der Waals surface area contributed by atoms with E-state index in [4.69, 9.17) is 11.6 Å². The van der Waals surface area contributed by atoms with E-state index in [2.05, 4.69) is 10.2 Å². The standard InChI is InChI=1S/C21H26ClN3O3S/c1-24(16-8-3-2-4-9-16)14-19(26)23-11-12-25-20(27)18(29-21(25)28)13-15-7-5-6-10-17(15)22/h5-7,10,13,16H,2-4,8-9,11-12,14H2,1H3,(H,23,26)/b18-13-. The quantitative estimate of drug-likeness (QED) is 0.660. The predicted octanol–water partition coefficient (Wildman–Crippen LogP) is 3.76. The second-order valence-corrected chi connectivity index (χ2v) is 8.81. The molecule has 2 fully saturated rings. The molecule has 1 heterocycles. The Hall–Kier alpha value is -1.83. The van der Waals surface area contributed by atoms with Crippen LogP contribution >= 0.6 is 23.4 Å². The summed E-state index contributed by atoms with van der Waals surface area (Å²) in [6.07, 6.45) is 7.62. The van der Waals surface area contributed by atoms with E-state index in [1.54, 1.807) is 24.3 Å². The van der Waals surface area contributed by atoms with Crippen LogP contribution in [-0.2, 0) is 9.59 Å². The van der Waals surface area contributed by atoms with Gasteiger partial charge < -0.3 is 5.32 Å². The van der Waals surface area contributed by atoms with Gasteiger partial charge in [0.15, 0.2) is 0 Å². The Kier molecular flexibility index (Phi) is 7.75. The number of hydrogen-bond acceptors (Lipinski definition) is 5. The van der Waals surface area contributed by atoms with E-state index in [1.165, 1.54) is 24.2 Å². The van der Waals surface area contributed by atoms with Crippen LogP contribution in [0.4, 0.5) is 4.79 Å². The summed E-state index contributed by atoms with van der Waals surface area (Å²) in [6, 6.07) is 7.61. The summed E-state index contributed by atoms with van der Waals surface area (Å²) < 4.78 is 0. The van der Waals surface area contributed by atoms with Gasteiger partial charge in [-0.25, -0.2) is 0 Å². The highest BCUT2D eigenvalue weighted by molar-refractivity contribution is 8.18. The van der Waals surface area contributed by atoms with Gasteiger partial charge in [0.05, 0.1) is 11.4 Å². The number of halogens is 1. The van der Waals surface area contributed by atoms with Gasteiger partial charge in [-0.2, -0.15) is 0 Å². The molecule has 3 amide bonds. The van der Waals surface area contributed by atoms with Crippen molar-refractivity contribution in [2.75, 3.05) is 26.7 Å². The van der Waals surface area contributed by atoms with Crippen LogP contribution in [0.1, 0.15) is 37.7 Å². The van der Waals surface area contributed by atoms with E-state index in [1.807, 2.05) is 13.1 Å². The van der Waals surface area contributed by atoms with Crippen LogP contribution in [0.3, 0.4) is 0 Å². The number of carbonyl (C=O) groups excluding carboxylic acids is 3. The number of hydrogen-bond donors (Lipinski definition) is 1. The molecule has 3 rings (SSSR count). The molecule has 0 aromatic heterocycles. The molecular formula is C21H26ClN3O3S. The fourth-order valence-electron chi connectivity index (χ4n) is 3.67. The van der Waals surface area contributed by atoms with Crippen LogP contribution in [0.2, 0.25) is 5.02 Å². The van der Waals surface area contributed by atoms with Crippen molar-refractivity contribution in [3.8, 4) is 0 Å². The van der Waals surface area contributed by atoms with Crippen LogP contribution in [0, 0.1) is 0 Å². The largest absolute Gasteiger partial charge is 0.353 e. The molecule has 1 saturated heterocycles. The van der Waals surface area contributed by atoms with Crippen molar-refractivity contribution in [2.45, 2.75) is 38.1 Å². The average molecular weight is 436 g/mol. The van der Waals surface area contributed by atoms with Crippen LogP contribution in [-0.4, -0.2) is 59.6 Å². The number of carbonyl (C=O) groups is 3. The van der Waals surface area contributed by atoms with E-state index >= 15 is 0 Å². The minimum Gasteiger partial charge on any atom is -0.353 e. The maximum Gasteiger partial charge on any atom is 0.293 e. The van der Waals surface area contributed by atoms with Crippen LogP contribution in [0.5, 0.6) is 0 Å². The summed E-state index contributed by atoms with van der Waals surface area (Å²) in [4.78, 5) is 40.6. The lowest BCUT2D eigenvalue weighted by atomic mass is 9.94. The second kappa shape index (κ2) is 10.3. The summed E-state index contributed by atoms with van der Waals surface area (Å²) in [5.74, 6) is -0.440. The fourth-order valence-corrected chi connectivity index (χ4v) is 4.71. The normalized spacial score (nSPS) is 19.4. The Balaban J connectivity index is 1.48. The summed E-state index contributed by atoms with van der Waals surface area (Å²) >= 11 is 7.02. The first-order chi connectivity index (χ1) is 14.0. The van der Waals surface area contributed by atoms with Gasteiger partial charge in [-0.15, -0.1) is 0 Å². The SMILES string of the molecule is CN(CC(=O)NCCN1C(=O)S/C(=C\c2ccccc2Cl)C1=O)C1CCCCC1. The third-order valence-electron chi connectivity index (χ3n) is 5.31. The average Bonchev–Trinajstić information content (AvgIpc) is 2.97. The zero-order chi connectivity index (χ0) is 20.8. The third kappa shape index (κ3) is 5.84. The van der Waals surface area contributed by atoms with E-state index in [0.717, 1.165) is 24.6 Å². The molecule has 1 aliphatic heterocycles. The van der Waals surface area contributed by atoms with Crippen molar-refractivity contribution in [3.05, 3.63) is 39.8 Å². The molecule has 1 aromatic carbocycles. The van der Waals surface area contributed by atoms with Gasteiger partial charge in [0.2, 0.25) is 5.91 Å². The summed E-state index contributed by atoms with van der Waals surface area (Å²) in [5, 5.41) is 3.01. The first-order valence-corrected chi connectivity index (χ1v) is 11.1. The smallest absolute Gasteiger partial charge is 0.293 e. The first kappa shape index (κ1) is 21.9. The number of thioether (sulfide) groups is 1. The molecule has 0 spiro atoms. The molecule has 0 unspecified atom stereocenters. The topological polar surface area (TPSA) is 69.7 Å². The van der Waals surface area contributed by atoms with Gasteiger partial charge in [0, 0.05) is 24.2 Å². The first-order valence-electron chi connectivity index (χ1n) is 9.92. The lowest BCUT2D eigenvalue weighted by Gasteiger charge is -2.30. The highest BCUT2D eigenvalue weighted by Crippen LogP contribution is 2.33. The van der Waals surface area contributed by atoms with Crippen LogP contribution in [0.25, 0.3) is 6.08 Å². The summed E-state index contributed by atoms with van der Waals surface area (Å²) in [7, 11) is 1.98. The monoisotopic (exact) mass is 435 g/mol. The molecule has 0 radical (unpaired) electrons. The van der Waals surface area contributed by atoms with Crippen molar-refractivity contribution >= 4 is 46.5 Å². The molecule has 1 N–H and O–H groups in total. The van der Waals surface area contributed by atoms with E-state index in [0.29, 0.717) is 28.1 Å². The highest BCUT2D eigenvalue weighted by Gasteiger charge is 2.34. The molecule has 1 aromatic rings. The van der Waals surface area contributed by atoms with Crippen molar-refractivity contribution in [2.24, 2.45) is 0 Å². The Morgan fingerprint density at radius 1 is 1.28 bits per heavy atom. The summed E-state index contributed by atoms with van der Waals surface area (Å²) in [5.41, 5.74) is 0.693. The lowest BCUT2D eigenvalue weighted by Crippen LogP contribution is -2.43. The fraction of sp³-hybridized carbons (Fsp3) is 0.476. The second-order valence-electron chi connectivity index (χ2n) is 7.41. The zero-order valence-electron chi connectivity index (χ0n) is 16.5. The number of rotatable bonds is 7. The van der Waals surface area contributed by atoms with E-state index in [9.17, 15) is 14.4 Å². The maximum atomic E-state index is 12.5. The van der Waals surface area contributed by atoms with Crippen LogP contribution in [0.15, 0.2) is 29.2 Å². The predicted molar refractivity (Wildman–Crippen MR) is 117 cm³/mol. The van der Waals surface area contributed by atoms with Crippen molar-refractivity contribution in [1.82, 2.24) is 15.1 Å². The van der Waals surface area contributed by atoms with E-state index < -0.39 is 0 Å². The Morgan fingerprint density at radius 2 is 2.00 bits per heavy atom. The molecule has 6 nitrogen and oxygen atoms in total. The van der Waals surface area contributed by atoms with Crippen molar-refractivity contribution < 1.29 is 14.4 Å². The van der Waals surface area contributed by atoms with Crippen molar-refractivity contribution in [3.63, 3.8) is 0 Å². The number of likely N-dealkylation sites (N-methyl/N-ethyl adjacent to an activating group) is 1. The molecule has 0 atom stereocenters. The van der Waals surface area contributed by atoms with Gasteiger partial charge in [-0.3, -0.25) is 24.2 Å². The molecule has 156 valence electrons. The van der Waals surface area contributed by atoms with Gasteiger partial charge in [-0.05, 0) is 49.4 Å².